The Hall–Kier alpha value is -0.390. The van der Waals surface area contributed by atoms with Gasteiger partial charge in [-0.15, -0.1) is 35.3 Å². The lowest BCUT2D eigenvalue weighted by Crippen LogP contribution is -2.42. The number of nitrogens with one attached hydrogen (secondary N) is 3. The zero-order valence-corrected chi connectivity index (χ0v) is 16.4. The summed E-state index contributed by atoms with van der Waals surface area (Å²) in [4.78, 5) is 5.42. The molecular weight excluding hydrogens is 423 g/mol. The van der Waals surface area contributed by atoms with Gasteiger partial charge in [0.2, 0.25) is 10.0 Å². The molecule has 0 aliphatic rings. The predicted octanol–water partition coefficient (Wildman–Crippen LogP) is 1.18. The lowest BCUT2D eigenvalue weighted by atomic mass is 10.1. The smallest absolute Gasteiger partial charge is 0.208 e. The molecular formula is C12H23IN4O2S2. The molecule has 1 rings (SSSR count). The number of aliphatic imine (C=N–C) groups is 1. The van der Waals surface area contributed by atoms with Gasteiger partial charge in [0.05, 0.1) is 6.26 Å². The fourth-order valence-corrected chi connectivity index (χ4v) is 2.82. The molecule has 1 unspecified atom stereocenters. The number of thiophene rings is 1. The fourth-order valence-electron chi connectivity index (χ4n) is 1.56. The lowest BCUT2D eigenvalue weighted by Gasteiger charge is -2.15. The van der Waals surface area contributed by atoms with Crippen molar-refractivity contribution in [3.05, 3.63) is 22.4 Å². The lowest BCUT2D eigenvalue weighted by molar-refractivity contribution is 0.586. The van der Waals surface area contributed by atoms with Crippen LogP contribution in [-0.2, 0) is 10.0 Å². The molecule has 0 amide bonds. The van der Waals surface area contributed by atoms with Gasteiger partial charge in [0.1, 0.15) is 0 Å². The van der Waals surface area contributed by atoms with Crippen LogP contribution in [0, 0.1) is 0 Å². The Bertz CT molecular complexity index is 517. The molecule has 0 bridgehead atoms. The van der Waals surface area contributed by atoms with Crippen LogP contribution in [0.4, 0.5) is 0 Å². The zero-order valence-electron chi connectivity index (χ0n) is 12.4. The van der Waals surface area contributed by atoms with Crippen LogP contribution in [0.1, 0.15) is 17.7 Å². The van der Waals surface area contributed by atoms with Gasteiger partial charge >= 0.3 is 0 Å². The minimum absolute atomic E-state index is 0. The van der Waals surface area contributed by atoms with Crippen molar-refractivity contribution in [3.63, 3.8) is 0 Å². The summed E-state index contributed by atoms with van der Waals surface area (Å²) in [6, 6.07) is 4.16. The molecule has 0 aliphatic heterocycles. The Labute approximate surface area is 147 Å². The van der Waals surface area contributed by atoms with Crippen molar-refractivity contribution in [1.29, 1.82) is 0 Å². The average Bonchev–Trinajstić information content (AvgIpc) is 2.90. The highest BCUT2D eigenvalue weighted by Gasteiger charge is 2.07. The van der Waals surface area contributed by atoms with Crippen LogP contribution in [0.15, 0.2) is 22.5 Å². The highest BCUT2D eigenvalue weighted by Crippen LogP contribution is 2.19. The first kappa shape index (κ1) is 20.6. The summed E-state index contributed by atoms with van der Waals surface area (Å²) in [6.45, 7) is 3.75. The van der Waals surface area contributed by atoms with Gasteiger partial charge in [-0.3, -0.25) is 4.99 Å². The molecule has 1 aromatic rings. The summed E-state index contributed by atoms with van der Waals surface area (Å²) >= 11 is 1.74. The van der Waals surface area contributed by atoms with Gasteiger partial charge in [0, 0.05) is 37.5 Å². The number of hydrogen-bond acceptors (Lipinski definition) is 4. The van der Waals surface area contributed by atoms with E-state index >= 15 is 0 Å². The van der Waals surface area contributed by atoms with Crippen molar-refractivity contribution in [2.75, 3.05) is 32.9 Å². The first-order valence-electron chi connectivity index (χ1n) is 6.35. The summed E-state index contributed by atoms with van der Waals surface area (Å²) in [6.07, 6.45) is 1.14. The molecule has 122 valence electrons. The molecule has 3 N–H and O–H groups in total. The molecule has 0 fully saturated rings. The minimum atomic E-state index is -3.13. The Kier molecular flexibility index (Phi) is 10.2. The number of sulfonamides is 1. The topological polar surface area (TPSA) is 82.6 Å². The molecule has 0 saturated heterocycles. The quantitative estimate of drug-likeness (QED) is 0.254. The molecule has 9 heteroatoms. The molecule has 1 atom stereocenters. The summed E-state index contributed by atoms with van der Waals surface area (Å²) in [7, 11) is -1.44. The Morgan fingerprint density at radius 1 is 1.38 bits per heavy atom. The minimum Gasteiger partial charge on any atom is -0.356 e. The Balaban J connectivity index is 0.00000400. The van der Waals surface area contributed by atoms with E-state index < -0.39 is 10.0 Å². The summed E-state index contributed by atoms with van der Waals surface area (Å²) < 4.78 is 24.2. The number of guanidine groups is 1. The van der Waals surface area contributed by atoms with Crippen molar-refractivity contribution in [2.24, 2.45) is 4.99 Å². The maximum absolute atomic E-state index is 10.9. The highest BCUT2D eigenvalue weighted by atomic mass is 127. The van der Waals surface area contributed by atoms with E-state index in [0.29, 0.717) is 25.0 Å². The molecule has 1 aromatic heterocycles. The van der Waals surface area contributed by atoms with E-state index in [1.807, 2.05) is 6.07 Å². The van der Waals surface area contributed by atoms with E-state index in [9.17, 15) is 8.42 Å². The normalized spacial score (nSPS) is 13.4. The molecule has 0 spiro atoms. The predicted molar refractivity (Wildman–Crippen MR) is 100 cm³/mol. The van der Waals surface area contributed by atoms with E-state index in [0.717, 1.165) is 12.8 Å². The first-order chi connectivity index (χ1) is 9.42. The third-order valence-electron chi connectivity index (χ3n) is 2.61. The molecule has 0 saturated carbocycles. The number of nitrogens with zero attached hydrogens (tertiary/aromatic N) is 1. The Morgan fingerprint density at radius 2 is 2.10 bits per heavy atom. The van der Waals surface area contributed by atoms with Gasteiger partial charge in [0.25, 0.3) is 0 Å². The number of hydrogen-bond donors (Lipinski definition) is 3. The second-order valence-corrected chi connectivity index (χ2v) is 7.28. The van der Waals surface area contributed by atoms with E-state index in [-0.39, 0.29) is 24.0 Å². The van der Waals surface area contributed by atoms with Crippen molar-refractivity contribution in [3.8, 4) is 0 Å². The van der Waals surface area contributed by atoms with E-state index in [1.165, 1.54) is 4.88 Å². The Morgan fingerprint density at radius 3 is 2.62 bits per heavy atom. The van der Waals surface area contributed by atoms with E-state index in [4.69, 9.17) is 0 Å². The monoisotopic (exact) mass is 446 g/mol. The van der Waals surface area contributed by atoms with Gasteiger partial charge in [-0.1, -0.05) is 13.0 Å². The second kappa shape index (κ2) is 10.4. The van der Waals surface area contributed by atoms with Crippen LogP contribution >= 0.6 is 35.3 Å². The third-order valence-corrected chi connectivity index (χ3v) is 4.44. The largest absolute Gasteiger partial charge is 0.356 e. The molecule has 0 radical (unpaired) electrons. The molecule has 21 heavy (non-hydrogen) atoms. The maximum Gasteiger partial charge on any atom is 0.208 e. The molecule has 6 nitrogen and oxygen atoms in total. The fraction of sp³-hybridized carbons (Fsp3) is 0.583. The SMILES string of the molecule is CN=C(NCCNS(C)(=O)=O)NCC(C)c1cccs1.I. The molecule has 1 heterocycles. The van der Waals surface area contributed by atoms with Crippen molar-refractivity contribution in [2.45, 2.75) is 12.8 Å². The number of halogens is 1. The summed E-state index contributed by atoms with van der Waals surface area (Å²) in [5.74, 6) is 1.08. The van der Waals surface area contributed by atoms with Crippen LogP contribution < -0.4 is 15.4 Å². The summed E-state index contributed by atoms with van der Waals surface area (Å²) in [5, 5.41) is 8.35. The van der Waals surface area contributed by atoms with E-state index in [1.54, 1.807) is 18.4 Å². The van der Waals surface area contributed by atoms with Gasteiger partial charge in [0.15, 0.2) is 5.96 Å². The van der Waals surface area contributed by atoms with Crippen molar-refractivity contribution >= 4 is 51.3 Å². The highest BCUT2D eigenvalue weighted by molar-refractivity contribution is 14.0. The second-order valence-electron chi connectivity index (χ2n) is 4.46. The van der Waals surface area contributed by atoms with Gasteiger partial charge < -0.3 is 10.6 Å². The van der Waals surface area contributed by atoms with Crippen LogP contribution in [0.3, 0.4) is 0 Å². The average molecular weight is 446 g/mol. The third kappa shape index (κ3) is 9.27. The van der Waals surface area contributed by atoms with Crippen LogP contribution in [0.2, 0.25) is 0 Å². The van der Waals surface area contributed by atoms with Crippen molar-refractivity contribution < 1.29 is 8.42 Å². The zero-order chi connectivity index (χ0) is 15.0. The standard InChI is InChI=1S/C12H22N4O2S2.HI/c1-10(11-5-4-8-19-11)9-15-12(13-2)14-6-7-16-20(3,17)18;/h4-5,8,10,16H,6-7,9H2,1-3H3,(H2,13,14,15);1H. The van der Waals surface area contributed by atoms with Crippen LogP contribution in [-0.4, -0.2) is 47.3 Å². The van der Waals surface area contributed by atoms with Gasteiger partial charge in [-0.05, 0) is 11.4 Å². The van der Waals surface area contributed by atoms with Crippen LogP contribution in [0.25, 0.3) is 0 Å². The van der Waals surface area contributed by atoms with Crippen molar-refractivity contribution in [1.82, 2.24) is 15.4 Å². The van der Waals surface area contributed by atoms with E-state index in [2.05, 4.69) is 38.7 Å². The van der Waals surface area contributed by atoms with Crippen LogP contribution in [0.5, 0.6) is 0 Å². The maximum atomic E-state index is 10.9. The summed E-state index contributed by atoms with van der Waals surface area (Å²) in [5.41, 5.74) is 0. The van der Waals surface area contributed by atoms with Gasteiger partial charge in [-0.25, -0.2) is 13.1 Å². The molecule has 0 aliphatic carbocycles. The first-order valence-corrected chi connectivity index (χ1v) is 9.12. The van der Waals surface area contributed by atoms with Gasteiger partial charge in [-0.2, -0.15) is 0 Å². The number of rotatable bonds is 7. The molecule has 0 aromatic carbocycles.